The standard InChI is InChI=1S/C31H28FN3O3S/c1-3-38-30(37)27-28(22-7-5-4-6-8-22)34-31-35(29(27)23-13-9-20(2)10-14-23)25(19-39-31)17-26(36)33-18-21-11-15-24(32)16-12-21/h4-16,19,29H,3,17-18H2,1-2H3,(H,33,36). The average molecular weight is 542 g/mol. The van der Waals surface area contributed by atoms with Crippen molar-refractivity contribution < 1.29 is 18.7 Å². The highest BCUT2D eigenvalue weighted by molar-refractivity contribution is 8.16. The summed E-state index contributed by atoms with van der Waals surface area (Å²) in [5.74, 6) is -0.954. The third-order valence-corrected chi connectivity index (χ3v) is 7.38. The molecule has 2 aliphatic heterocycles. The van der Waals surface area contributed by atoms with E-state index in [1.165, 1.54) is 23.9 Å². The van der Waals surface area contributed by atoms with Crippen LogP contribution in [0.25, 0.3) is 5.70 Å². The molecule has 0 fully saturated rings. The lowest BCUT2D eigenvalue weighted by Crippen LogP contribution is -2.38. The van der Waals surface area contributed by atoms with Crippen molar-refractivity contribution >= 4 is 34.5 Å². The van der Waals surface area contributed by atoms with Gasteiger partial charge in [0.2, 0.25) is 5.91 Å². The number of carbonyl (C=O) groups excluding carboxylic acids is 2. The van der Waals surface area contributed by atoms with Gasteiger partial charge in [0.25, 0.3) is 0 Å². The number of thioether (sulfide) groups is 1. The molecule has 5 rings (SSSR count). The molecule has 198 valence electrons. The minimum absolute atomic E-state index is 0.0896. The van der Waals surface area contributed by atoms with Crippen LogP contribution in [0.15, 0.2) is 101 Å². The lowest BCUT2D eigenvalue weighted by molar-refractivity contribution is -0.139. The molecule has 0 spiro atoms. The summed E-state index contributed by atoms with van der Waals surface area (Å²) in [6, 6.07) is 23.1. The molecule has 0 bridgehead atoms. The second-order valence-corrected chi connectivity index (χ2v) is 10.1. The van der Waals surface area contributed by atoms with E-state index in [0.717, 1.165) is 28.0 Å². The summed E-state index contributed by atoms with van der Waals surface area (Å²) in [4.78, 5) is 33.4. The first-order valence-corrected chi connectivity index (χ1v) is 13.6. The van der Waals surface area contributed by atoms with Gasteiger partial charge in [-0.15, -0.1) is 0 Å². The van der Waals surface area contributed by atoms with Crippen LogP contribution in [0.4, 0.5) is 4.39 Å². The number of amides is 1. The third kappa shape index (κ3) is 5.81. The third-order valence-electron chi connectivity index (χ3n) is 6.49. The predicted molar refractivity (Wildman–Crippen MR) is 152 cm³/mol. The lowest BCUT2D eigenvalue weighted by atomic mass is 9.91. The Balaban J connectivity index is 1.50. The van der Waals surface area contributed by atoms with Gasteiger partial charge in [-0.2, -0.15) is 0 Å². The maximum absolute atomic E-state index is 13.5. The molecule has 2 heterocycles. The zero-order chi connectivity index (χ0) is 27.4. The molecule has 1 unspecified atom stereocenters. The smallest absolute Gasteiger partial charge is 0.338 e. The first kappa shape index (κ1) is 26.4. The van der Waals surface area contributed by atoms with E-state index < -0.39 is 12.0 Å². The zero-order valence-electron chi connectivity index (χ0n) is 21.7. The number of carbonyl (C=O) groups is 2. The molecule has 39 heavy (non-hydrogen) atoms. The molecule has 3 aromatic carbocycles. The Morgan fingerprint density at radius 2 is 1.74 bits per heavy atom. The van der Waals surface area contributed by atoms with Crippen molar-refractivity contribution in [2.75, 3.05) is 6.61 Å². The Hall–Kier alpha value is -4.17. The van der Waals surface area contributed by atoms with E-state index in [1.807, 2.05) is 71.8 Å². The van der Waals surface area contributed by atoms with Crippen molar-refractivity contribution in [1.29, 1.82) is 0 Å². The Morgan fingerprint density at radius 3 is 2.44 bits per heavy atom. The number of rotatable bonds is 8. The number of benzene rings is 3. The molecule has 8 heteroatoms. The highest BCUT2D eigenvalue weighted by Gasteiger charge is 2.42. The van der Waals surface area contributed by atoms with Gasteiger partial charge in [-0.25, -0.2) is 14.2 Å². The van der Waals surface area contributed by atoms with Crippen LogP contribution >= 0.6 is 11.8 Å². The number of fused-ring (bicyclic) bond motifs is 1. The topological polar surface area (TPSA) is 71.0 Å². The van der Waals surface area contributed by atoms with Gasteiger partial charge in [-0.3, -0.25) is 4.79 Å². The monoisotopic (exact) mass is 541 g/mol. The fourth-order valence-corrected chi connectivity index (χ4v) is 5.50. The van der Waals surface area contributed by atoms with Gasteiger partial charge in [0.15, 0.2) is 5.17 Å². The Kier molecular flexibility index (Phi) is 7.93. The maximum Gasteiger partial charge on any atom is 0.338 e. The van der Waals surface area contributed by atoms with E-state index in [1.54, 1.807) is 19.1 Å². The molecule has 0 saturated carbocycles. The second kappa shape index (κ2) is 11.7. The van der Waals surface area contributed by atoms with Gasteiger partial charge in [-0.1, -0.05) is 84.1 Å². The van der Waals surface area contributed by atoms with E-state index in [-0.39, 0.29) is 31.3 Å². The fourth-order valence-electron chi connectivity index (χ4n) is 4.58. The Morgan fingerprint density at radius 1 is 1.03 bits per heavy atom. The number of amidine groups is 1. The van der Waals surface area contributed by atoms with Crippen molar-refractivity contribution in [3.8, 4) is 0 Å². The molecular weight excluding hydrogens is 513 g/mol. The van der Waals surface area contributed by atoms with E-state index in [0.29, 0.717) is 16.4 Å². The number of aliphatic imine (C=N–C) groups is 1. The fraction of sp³-hybridized carbons (Fsp3) is 0.194. The molecular formula is C31H28FN3O3S. The molecule has 1 N–H and O–H groups in total. The summed E-state index contributed by atoms with van der Waals surface area (Å²) in [5.41, 5.74) is 5.33. The molecule has 0 saturated heterocycles. The highest BCUT2D eigenvalue weighted by atomic mass is 32.2. The van der Waals surface area contributed by atoms with Crippen LogP contribution < -0.4 is 5.32 Å². The van der Waals surface area contributed by atoms with Crippen molar-refractivity contribution in [3.63, 3.8) is 0 Å². The summed E-state index contributed by atoms with van der Waals surface area (Å²) < 4.78 is 18.8. The number of hydrogen-bond acceptors (Lipinski definition) is 6. The Bertz CT molecular complexity index is 1470. The molecule has 2 aliphatic rings. The SMILES string of the molecule is CCOC(=O)C1=C(c2ccccc2)N=C2SC=C(CC(=O)NCc3ccc(F)cc3)N2C1c1ccc(C)cc1. The Labute approximate surface area is 231 Å². The average Bonchev–Trinajstić information content (AvgIpc) is 3.35. The summed E-state index contributed by atoms with van der Waals surface area (Å²) in [7, 11) is 0. The predicted octanol–water partition coefficient (Wildman–Crippen LogP) is 6.12. The van der Waals surface area contributed by atoms with Crippen molar-refractivity contribution in [2.24, 2.45) is 4.99 Å². The molecule has 3 aromatic rings. The van der Waals surface area contributed by atoms with Crippen molar-refractivity contribution in [2.45, 2.75) is 32.9 Å². The van der Waals surface area contributed by atoms with Crippen LogP contribution in [-0.2, 0) is 20.9 Å². The van der Waals surface area contributed by atoms with Crippen LogP contribution in [0.1, 0.15) is 41.6 Å². The number of nitrogens with zero attached hydrogens (tertiary/aromatic N) is 2. The minimum Gasteiger partial charge on any atom is -0.463 e. The van der Waals surface area contributed by atoms with Gasteiger partial charge in [0, 0.05) is 17.8 Å². The second-order valence-electron chi connectivity index (χ2n) is 9.23. The first-order chi connectivity index (χ1) is 18.9. The van der Waals surface area contributed by atoms with Crippen LogP contribution in [0, 0.1) is 12.7 Å². The van der Waals surface area contributed by atoms with Gasteiger partial charge in [-0.05, 0) is 42.5 Å². The van der Waals surface area contributed by atoms with Crippen LogP contribution in [0.3, 0.4) is 0 Å². The maximum atomic E-state index is 13.5. The van der Waals surface area contributed by atoms with E-state index in [9.17, 15) is 14.0 Å². The molecule has 1 atom stereocenters. The summed E-state index contributed by atoms with van der Waals surface area (Å²) >= 11 is 1.43. The van der Waals surface area contributed by atoms with E-state index in [4.69, 9.17) is 9.73 Å². The number of aryl methyl sites for hydroxylation is 1. The number of nitrogens with one attached hydrogen (secondary N) is 1. The molecule has 0 aliphatic carbocycles. The van der Waals surface area contributed by atoms with Crippen LogP contribution in [-0.4, -0.2) is 28.6 Å². The van der Waals surface area contributed by atoms with E-state index >= 15 is 0 Å². The molecule has 1 amide bonds. The van der Waals surface area contributed by atoms with Gasteiger partial charge < -0.3 is 15.0 Å². The minimum atomic E-state index is -0.529. The van der Waals surface area contributed by atoms with Crippen LogP contribution in [0.2, 0.25) is 0 Å². The van der Waals surface area contributed by atoms with Crippen molar-refractivity contribution in [1.82, 2.24) is 10.2 Å². The van der Waals surface area contributed by atoms with Gasteiger partial charge in [0.05, 0.1) is 30.3 Å². The lowest BCUT2D eigenvalue weighted by Gasteiger charge is -2.36. The summed E-state index contributed by atoms with van der Waals surface area (Å²) in [5, 5.41) is 5.51. The zero-order valence-corrected chi connectivity index (χ0v) is 22.5. The number of esters is 1. The quantitative estimate of drug-likeness (QED) is 0.348. The molecule has 6 nitrogen and oxygen atoms in total. The molecule has 0 aromatic heterocycles. The number of hydrogen-bond donors (Lipinski definition) is 1. The molecule has 0 radical (unpaired) electrons. The van der Waals surface area contributed by atoms with Crippen LogP contribution in [0.5, 0.6) is 0 Å². The van der Waals surface area contributed by atoms with E-state index in [2.05, 4.69) is 5.32 Å². The van der Waals surface area contributed by atoms with Crippen molar-refractivity contribution in [3.05, 3.63) is 124 Å². The van der Waals surface area contributed by atoms with Gasteiger partial charge >= 0.3 is 5.97 Å². The largest absolute Gasteiger partial charge is 0.463 e. The number of ether oxygens (including phenoxy) is 1. The normalized spacial score (nSPS) is 16.4. The number of halogens is 1. The van der Waals surface area contributed by atoms with Gasteiger partial charge in [0.1, 0.15) is 5.82 Å². The summed E-state index contributed by atoms with van der Waals surface area (Å²) in [6.07, 6.45) is 0.0896. The first-order valence-electron chi connectivity index (χ1n) is 12.7. The highest BCUT2D eigenvalue weighted by Crippen LogP contribution is 2.47. The summed E-state index contributed by atoms with van der Waals surface area (Å²) in [6.45, 7) is 4.30.